The molecule has 1 heterocycles. The van der Waals surface area contributed by atoms with Crippen LogP contribution in [0, 0.1) is 18.3 Å². The van der Waals surface area contributed by atoms with E-state index in [4.69, 9.17) is 11.2 Å². The molecule has 1 aliphatic rings. The Bertz CT molecular complexity index is 252. The molecule has 2 amide bonds. The largest absolute Gasteiger partial charge is 0.379 e. The number of hydrogen-bond donors (Lipinski definition) is 2. The van der Waals surface area contributed by atoms with Gasteiger partial charge >= 0.3 is 6.03 Å². The Balaban J connectivity index is 2.31. The van der Waals surface area contributed by atoms with Crippen molar-refractivity contribution < 1.29 is 9.53 Å². The van der Waals surface area contributed by atoms with Gasteiger partial charge in [0.05, 0.1) is 18.7 Å². The number of hydrogen-bond acceptors (Lipinski definition) is 2. The quantitative estimate of drug-likeness (QED) is 0.675. The van der Waals surface area contributed by atoms with Gasteiger partial charge in [-0.05, 0) is 12.3 Å². The molecule has 0 saturated carbocycles. The van der Waals surface area contributed by atoms with Gasteiger partial charge in [-0.25, -0.2) is 4.79 Å². The van der Waals surface area contributed by atoms with Crippen molar-refractivity contribution in [1.82, 2.24) is 10.6 Å². The summed E-state index contributed by atoms with van der Waals surface area (Å²) in [6.45, 7) is 5.26. The smallest absolute Gasteiger partial charge is 0.316 e. The van der Waals surface area contributed by atoms with E-state index in [1.54, 1.807) is 0 Å². The summed E-state index contributed by atoms with van der Waals surface area (Å²) in [6.07, 6.45) is 6.18. The van der Waals surface area contributed by atoms with Crippen molar-refractivity contribution >= 4 is 6.03 Å². The second-order valence-corrected chi connectivity index (χ2v) is 4.07. The van der Waals surface area contributed by atoms with Crippen LogP contribution in [0.1, 0.15) is 20.3 Å². The molecular weight excluding hydrogens is 192 g/mol. The summed E-state index contributed by atoms with van der Waals surface area (Å²) in [4.78, 5) is 11.5. The highest BCUT2D eigenvalue weighted by Crippen LogP contribution is 2.03. The Hall–Kier alpha value is -1.21. The van der Waals surface area contributed by atoms with E-state index in [2.05, 4.69) is 16.6 Å². The van der Waals surface area contributed by atoms with E-state index in [1.165, 1.54) is 0 Å². The van der Waals surface area contributed by atoms with E-state index in [-0.39, 0.29) is 24.0 Å². The minimum atomic E-state index is -0.215. The highest BCUT2D eigenvalue weighted by molar-refractivity contribution is 5.75. The number of urea groups is 1. The van der Waals surface area contributed by atoms with Gasteiger partial charge < -0.3 is 15.4 Å². The van der Waals surface area contributed by atoms with Crippen LogP contribution < -0.4 is 10.6 Å². The fourth-order valence-corrected chi connectivity index (χ4v) is 1.42. The van der Waals surface area contributed by atoms with E-state index in [0.717, 1.165) is 6.42 Å². The summed E-state index contributed by atoms with van der Waals surface area (Å²) in [6, 6.07) is -0.301. The van der Waals surface area contributed by atoms with Gasteiger partial charge in [0.25, 0.3) is 0 Å². The van der Waals surface area contributed by atoms with E-state index >= 15 is 0 Å². The van der Waals surface area contributed by atoms with Gasteiger partial charge in [0.2, 0.25) is 0 Å². The summed E-state index contributed by atoms with van der Waals surface area (Å²) in [5, 5.41) is 5.58. The second-order valence-electron chi connectivity index (χ2n) is 4.07. The van der Waals surface area contributed by atoms with Crippen molar-refractivity contribution in [3.63, 3.8) is 0 Å². The molecule has 1 aliphatic heterocycles. The minimum Gasteiger partial charge on any atom is -0.379 e. The van der Waals surface area contributed by atoms with Crippen molar-refractivity contribution in [1.29, 1.82) is 0 Å². The third kappa shape index (κ3) is 3.80. The maximum Gasteiger partial charge on any atom is 0.316 e. The fraction of sp³-hybridized carbons (Fsp3) is 0.727. The Morgan fingerprint density at radius 2 is 2.33 bits per heavy atom. The molecule has 15 heavy (non-hydrogen) atoms. The molecule has 0 aromatic carbocycles. The van der Waals surface area contributed by atoms with Crippen LogP contribution in [0.15, 0.2) is 0 Å². The first-order valence-electron chi connectivity index (χ1n) is 5.24. The molecule has 0 aliphatic carbocycles. The molecule has 1 rings (SSSR count). The standard InChI is InChI=1S/C11H18N2O2/c1-4-10(8(2)3)13-11(14)12-9-5-6-15-7-9/h1,8-10H,5-7H2,2-3H3,(H2,12,13,14)/t9-,10+/m0/s1. The van der Waals surface area contributed by atoms with Crippen molar-refractivity contribution in [2.75, 3.05) is 13.2 Å². The van der Waals surface area contributed by atoms with Crippen LogP contribution in [0.2, 0.25) is 0 Å². The Morgan fingerprint density at radius 1 is 1.60 bits per heavy atom. The number of nitrogens with one attached hydrogen (secondary N) is 2. The predicted octanol–water partition coefficient (Wildman–Crippen LogP) is 0.732. The lowest BCUT2D eigenvalue weighted by molar-refractivity contribution is 0.188. The van der Waals surface area contributed by atoms with Crippen LogP contribution in [-0.4, -0.2) is 31.3 Å². The lowest BCUT2D eigenvalue weighted by atomic mass is 10.1. The lowest BCUT2D eigenvalue weighted by Crippen LogP contribution is -2.47. The Morgan fingerprint density at radius 3 is 2.80 bits per heavy atom. The third-order valence-electron chi connectivity index (χ3n) is 2.40. The van der Waals surface area contributed by atoms with Crippen molar-refractivity contribution in [3.8, 4) is 12.3 Å². The molecular formula is C11H18N2O2. The fourth-order valence-electron chi connectivity index (χ4n) is 1.42. The summed E-state index contributed by atoms with van der Waals surface area (Å²) >= 11 is 0. The molecule has 0 radical (unpaired) electrons. The average molecular weight is 210 g/mol. The van der Waals surface area contributed by atoms with E-state index < -0.39 is 0 Å². The van der Waals surface area contributed by atoms with Crippen LogP contribution in [0.3, 0.4) is 0 Å². The van der Waals surface area contributed by atoms with Gasteiger partial charge in [-0.2, -0.15) is 0 Å². The first-order valence-corrected chi connectivity index (χ1v) is 5.24. The van der Waals surface area contributed by atoms with Crippen LogP contribution >= 0.6 is 0 Å². The molecule has 84 valence electrons. The number of rotatable bonds is 3. The molecule has 1 saturated heterocycles. The van der Waals surface area contributed by atoms with Crippen LogP contribution in [-0.2, 0) is 4.74 Å². The molecule has 0 unspecified atom stereocenters. The molecule has 2 atom stereocenters. The van der Waals surface area contributed by atoms with E-state index in [0.29, 0.717) is 13.2 Å². The zero-order valence-electron chi connectivity index (χ0n) is 9.25. The highest BCUT2D eigenvalue weighted by atomic mass is 16.5. The molecule has 0 aromatic rings. The molecule has 4 nitrogen and oxygen atoms in total. The van der Waals surface area contributed by atoms with Gasteiger partial charge in [-0.1, -0.05) is 19.8 Å². The van der Waals surface area contributed by atoms with Crippen LogP contribution in [0.25, 0.3) is 0 Å². The predicted molar refractivity (Wildman–Crippen MR) is 58.4 cm³/mol. The molecule has 0 aromatic heterocycles. The maximum absolute atomic E-state index is 11.5. The number of carbonyl (C=O) groups is 1. The van der Waals surface area contributed by atoms with Gasteiger partial charge in [0.15, 0.2) is 0 Å². The molecule has 2 N–H and O–H groups in total. The van der Waals surface area contributed by atoms with Gasteiger partial charge in [-0.3, -0.25) is 0 Å². The van der Waals surface area contributed by atoms with Gasteiger partial charge in [0.1, 0.15) is 0 Å². The first kappa shape index (κ1) is 11.9. The zero-order valence-corrected chi connectivity index (χ0v) is 9.25. The van der Waals surface area contributed by atoms with Crippen molar-refractivity contribution in [3.05, 3.63) is 0 Å². The normalized spacial score (nSPS) is 22.1. The summed E-state index contributed by atoms with van der Waals surface area (Å²) in [7, 11) is 0. The lowest BCUT2D eigenvalue weighted by Gasteiger charge is -2.18. The summed E-state index contributed by atoms with van der Waals surface area (Å²) in [5.74, 6) is 2.79. The molecule has 1 fully saturated rings. The maximum atomic E-state index is 11.5. The second kappa shape index (κ2) is 5.62. The van der Waals surface area contributed by atoms with Gasteiger partial charge in [-0.15, -0.1) is 6.42 Å². The minimum absolute atomic E-state index is 0.121. The number of terminal acetylenes is 1. The average Bonchev–Trinajstić information content (AvgIpc) is 2.66. The van der Waals surface area contributed by atoms with Crippen molar-refractivity contribution in [2.24, 2.45) is 5.92 Å². The van der Waals surface area contributed by atoms with Crippen molar-refractivity contribution in [2.45, 2.75) is 32.4 Å². The van der Waals surface area contributed by atoms with Crippen LogP contribution in [0.5, 0.6) is 0 Å². The number of ether oxygens (including phenoxy) is 1. The number of amides is 2. The van der Waals surface area contributed by atoms with Crippen LogP contribution in [0.4, 0.5) is 4.79 Å². The van der Waals surface area contributed by atoms with Gasteiger partial charge in [0, 0.05) is 6.61 Å². The molecule has 4 heteroatoms. The Kier molecular flexibility index (Phi) is 4.44. The Labute approximate surface area is 90.8 Å². The van der Waals surface area contributed by atoms with E-state index in [1.807, 2.05) is 13.8 Å². The topological polar surface area (TPSA) is 50.4 Å². The third-order valence-corrected chi connectivity index (χ3v) is 2.40. The number of carbonyl (C=O) groups excluding carboxylic acids is 1. The monoisotopic (exact) mass is 210 g/mol. The first-order chi connectivity index (χ1) is 7.13. The molecule has 0 bridgehead atoms. The SMILES string of the molecule is C#C[C@@H](NC(=O)N[C@H]1CCOC1)C(C)C. The zero-order chi connectivity index (χ0) is 11.3. The summed E-state index contributed by atoms with van der Waals surface area (Å²) in [5.41, 5.74) is 0. The highest BCUT2D eigenvalue weighted by Gasteiger charge is 2.19. The molecule has 0 spiro atoms. The summed E-state index contributed by atoms with van der Waals surface area (Å²) < 4.78 is 5.15. The van der Waals surface area contributed by atoms with E-state index in [9.17, 15) is 4.79 Å².